The number of benzene rings is 2. The zero-order valence-electron chi connectivity index (χ0n) is 9.06. The zero-order valence-corrected chi connectivity index (χ0v) is 9.82. The Kier molecular flexibility index (Phi) is 3.43. The van der Waals surface area contributed by atoms with Crippen LogP contribution in [-0.2, 0) is 0 Å². The maximum Gasteiger partial charge on any atom is 0.311 e. The van der Waals surface area contributed by atoms with Gasteiger partial charge in [-0.25, -0.2) is 4.39 Å². The van der Waals surface area contributed by atoms with Gasteiger partial charge in [0.25, 0.3) is 0 Å². The monoisotopic (exact) mass is 266 g/mol. The van der Waals surface area contributed by atoms with Crippen LogP contribution in [0.1, 0.15) is 0 Å². The van der Waals surface area contributed by atoms with Gasteiger partial charge in [-0.2, -0.15) is 0 Å². The first-order chi connectivity index (χ1) is 8.59. The first kappa shape index (κ1) is 12.3. The summed E-state index contributed by atoms with van der Waals surface area (Å²) >= 11 is 5.75. The van der Waals surface area contributed by atoms with E-state index in [1.165, 1.54) is 30.3 Å². The van der Waals surface area contributed by atoms with E-state index in [4.69, 9.17) is 11.6 Å². The fourth-order valence-electron chi connectivity index (χ4n) is 1.51. The van der Waals surface area contributed by atoms with E-state index in [0.29, 0.717) is 0 Å². The Hall–Kier alpha value is -2.14. The second-order valence-corrected chi connectivity index (χ2v) is 3.91. The molecule has 2 rings (SSSR count). The molecule has 0 saturated heterocycles. The molecule has 0 radical (unpaired) electrons. The SMILES string of the molecule is O=[N+]([O-])c1c(Cl)cccc1Nc1ccccc1F. The minimum atomic E-state index is -0.606. The number of hydrogen-bond acceptors (Lipinski definition) is 3. The van der Waals surface area contributed by atoms with Crippen LogP contribution in [0.2, 0.25) is 5.02 Å². The van der Waals surface area contributed by atoms with Gasteiger partial charge in [0, 0.05) is 0 Å². The molecule has 0 aromatic heterocycles. The van der Waals surface area contributed by atoms with Gasteiger partial charge in [0.15, 0.2) is 0 Å². The highest BCUT2D eigenvalue weighted by Crippen LogP contribution is 2.34. The number of nitrogens with one attached hydrogen (secondary N) is 1. The van der Waals surface area contributed by atoms with Crippen LogP contribution in [0.4, 0.5) is 21.5 Å². The lowest BCUT2D eigenvalue weighted by atomic mass is 10.2. The lowest BCUT2D eigenvalue weighted by molar-refractivity contribution is -0.383. The molecule has 4 nitrogen and oxygen atoms in total. The van der Waals surface area contributed by atoms with Gasteiger partial charge in [0.1, 0.15) is 16.5 Å². The van der Waals surface area contributed by atoms with Gasteiger partial charge < -0.3 is 5.32 Å². The molecule has 2 aromatic carbocycles. The Morgan fingerprint density at radius 2 is 1.78 bits per heavy atom. The van der Waals surface area contributed by atoms with Crippen molar-refractivity contribution < 1.29 is 9.31 Å². The molecular formula is C12H8ClFN2O2. The van der Waals surface area contributed by atoms with Crippen LogP contribution < -0.4 is 5.32 Å². The summed E-state index contributed by atoms with van der Waals surface area (Å²) in [6.45, 7) is 0. The van der Waals surface area contributed by atoms with Gasteiger partial charge >= 0.3 is 5.69 Å². The summed E-state index contributed by atoms with van der Waals surface area (Å²) < 4.78 is 13.4. The average Bonchev–Trinajstić information content (AvgIpc) is 2.31. The van der Waals surface area contributed by atoms with Crippen LogP contribution in [0.25, 0.3) is 0 Å². The van der Waals surface area contributed by atoms with Crippen molar-refractivity contribution in [1.82, 2.24) is 0 Å². The molecule has 0 atom stereocenters. The van der Waals surface area contributed by atoms with E-state index in [0.717, 1.165) is 0 Å². The molecule has 2 aromatic rings. The van der Waals surface area contributed by atoms with Crippen molar-refractivity contribution in [3.63, 3.8) is 0 Å². The summed E-state index contributed by atoms with van der Waals surface area (Å²) in [6.07, 6.45) is 0. The molecule has 0 fully saturated rings. The van der Waals surface area contributed by atoms with Crippen LogP contribution in [-0.4, -0.2) is 4.92 Å². The largest absolute Gasteiger partial charge is 0.347 e. The number of hydrogen-bond donors (Lipinski definition) is 1. The van der Waals surface area contributed by atoms with Gasteiger partial charge in [-0.3, -0.25) is 10.1 Å². The minimum absolute atomic E-state index is 0.00124. The smallest absolute Gasteiger partial charge is 0.311 e. The van der Waals surface area contributed by atoms with Gasteiger partial charge in [-0.05, 0) is 24.3 Å². The van der Waals surface area contributed by atoms with Crippen LogP contribution in [0, 0.1) is 15.9 Å². The molecule has 92 valence electrons. The molecule has 18 heavy (non-hydrogen) atoms. The maximum atomic E-state index is 13.4. The first-order valence-electron chi connectivity index (χ1n) is 5.04. The Morgan fingerprint density at radius 1 is 1.11 bits per heavy atom. The molecule has 0 bridgehead atoms. The second-order valence-electron chi connectivity index (χ2n) is 3.50. The number of anilines is 2. The zero-order chi connectivity index (χ0) is 13.1. The van der Waals surface area contributed by atoms with E-state index in [9.17, 15) is 14.5 Å². The summed E-state index contributed by atoms with van der Waals surface area (Å²) in [6, 6.07) is 10.3. The highest BCUT2D eigenvalue weighted by molar-refractivity contribution is 6.33. The molecule has 0 aliphatic carbocycles. The molecule has 0 amide bonds. The molecule has 0 aliphatic rings. The van der Waals surface area contributed by atoms with E-state index < -0.39 is 10.7 Å². The fourth-order valence-corrected chi connectivity index (χ4v) is 1.75. The van der Waals surface area contributed by atoms with E-state index in [2.05, 4.69) is 5.32 Å². The minimum Gasteiger partial charge on any atom is -0.347 e. The Balaban J connectivity index is 2.44. The van der Waals surface area contributed by atoms with Gasteiger partial charge in [0.05, 0.1) is 10.6 Å². The number of rotatable bonds is 3. The lowest BCUT2D eigenvalue weighted by Gasteiger charge is -2.08. The van der Waals surface area contributed by atoms with Gasteiger partial charge in [0.2, 0.25) is 0 Å². The lowest BCUT2D eigenvalue weighted by Crippen LogP contribution is -1.99. The average molecular weight is 267 g/mol. The van der Waals surface area contributed by atoms with Crippen LogP contribution in [0.3, 0.4) is 0 Å². The summed E-state index contributed by atoms with van der Waals surface area (Å²) in [5, 5.41) is 13.6. The summed E-state index contributed by atoms with van der Waals surface area (Å²) in [7, 11) is 0. The number of nitro groups is 1. The molecular weight excluding hydrogens is 259 g/mol. The number of halogens is 2. The number of nitrogens with zero attached hydrogens (tertiary/aromatic N) is 1. The Bertz CT molecular complexity index is 604. The predicted molar refractivity (Wildman–Crippen MR) is 67.8 cm³/mol. The van der Waals surface area contributed by atoms with Crippen LogP contribution in [0.5, 0.6) is 0 Å². The van der Waals surface area contributed by atoms with Crippen molar-refractivity contribution in [2.24, 2.45) is 0 Å². The third kappa shape index (κ3) is 2.41. The normalized spacial score (nSPS) is 10.1. The van der Waals surface area contributed by atoms with Crippen molar-refractivity contribution in [2.45, 2.75) is 0 Å². The van der Waals surface area contributed by atoms with E-state index >= 15 is 0 Å². The molecule has 1 N–H and O–H groups in total. The topological polar surface area (TPSA) is 55.2 Å². The third-order valence-corrected chi connectivity index (χ3v) is 2.62. The van der Waals surface area contributed by atoms with Crippen LogP contribution in [0.15, 0.2) is 42.5 Å². The van der Waals surface area contributed by atoms with Gasteiger partial charge in [-0.15, -0.1) is 0 Å². The quantitative estimate of drug-likeness (QED) is 0.671. The standard InChI is InChI=1S/C12H8ClFN2O2/c13-8-4-3-7-11(12(8)16(17)18)15-10-6-2-1-5-9(10)14/h1-7,15H. The highest BCUT2D eigenvalue weighted by atomic mass is 35.5. The first-order valence-corrected chi connectivity index (χ1v) is 5.42. The molecule has 6 heteroatoms. The summed E-state index contributed by atoms with van der Waals surface area (Å²) in [5.74, 6) is -0.494. The van der Waals surface area contributed by atoms with Crippen molar-refractivity contribution in [3.8, 4) is 0 Å². The molecule has 0 saturated carbocycles. The van der Waals surface area contributed by atoms with E-state index in [1.807, 2.05) is 0 Å². The predicted octanol–water partition coefficient (Wildman–Crippen LogP) is 4.13. The van der Waals surface area contributed by atoms with Crippen molar-refractivity contribution >= 4 is 28.7 Å². The Labute approximate surface area is 107 Å². The van der Waals surface area contributed by atoms with E-state index in [-0.39, 0.29) is 22.1 Å². The van der Waals surface area contributed by atoms with E-state index in [1.54, 1.807) is 12.1 Å². The molecule has 0 spiro atoms. The van der Waals surface area contributed by atoms with Crippen molar-refractivity contribution in [1.29, 1.82) is 0 Å². The van der Waals surface area contributed by atoms with Crippen molar-refractivity contribution in [3.05, 3.63) is 63.4 Å². The molecule has 0 heterocycles. The molecule has 0 aliphatic heterocycles. The highest BCUT2D eigenvalue weighted by Gasteiger charge is 2.18. The van der Waals surface area contributed by atoms with Gasteiger partial charge in [-0.1, -0.05) is 29.8 Å². The second kappa shape index (κ2) is 5.01. The fraction of sp³-hybridized carbons (Fsp3) is 0. The summed E-state index contributed by atoms with van der Waals surface area (Å²) in [4.78, 5) is 10.3. The summed E-state index contributed by atoms with van der Waals surface area (Å²) in [5.41, 5.74) is 0.0305. The van der Waals surface area contributed by atoms with Crippen molar-refractivity contribution in [2.75, 3.05) is 5.32 Å². The number of nitro benzene ring substituents is 1. The maximum absolute atomic E-state index is 13.4. The van der Waals surface area contributed by atoms with Crippen LogP contribution >= 0.6 is 11.6 Å². The Morgan fingerprint density at radius 3 is 2.44 bits per heavy atom. The third-order valence-electron chi connectivity index (χ3n) is 2.31. The molecule has 0 unspecified atom stereocenters. The number of para-hydroxylation sites is 2.